The molecule has 1 aromatic carbocycles. The predicted octanol–water partition coefficient (Wildman–Crippen LogP) is 2.69. The second-order valence-electron chi connectivity index (χ2n) is 5.51. The maximum absolute atomic E-state index is 10.4. The summed E-state index contributed by atoms with van der Waals surface area (Å²) in [4.78, 5) is 2.19. The fourth-order valence-corrected chi connectivity index (χ4v) is 2.62. The van der Waals surface area contributed by atoms with E-state index in [4.69, 9.17) is 0 Å². The predicted molar refractivity (Wildman–Crippen MR) is 68.1 cm³/mol. The summed E-state index contributed by atoms with van der Waals surface area (Å²) in [5.41, 5.74) is 3.56. The minimum absolute atomic E-state index is 0.196. The SMILES string of the molecule is Cc1ccc2c(c1)N(C)C(C)(C)C(O)C2C. The van der Waals surface area contributed by atoms with E-state index in [9.17, 15) is 5.11 Å². The van der Waals surface area contributed by atoms with Crippen LogP contribution in [0.3, 0.4) is 0 Å². The lowest BCUT2D eigenvalue weighted by Gasteiger charge is -2.49. The number of aliphatic hydroxyl groups is 1. The van der Waals surface area contributed by atoms with E-state index in [1.807, 2.05) is 0 Å². The van der Waals surface area contributed by atoms with Crippen LogP contribution >= 0.6 is 0 Å². The topological polar surface area (TPSA) is 23.5 Å². The highest BCUT2D eigenvalue weighted by Crippen LogP contribution is 2.42. The van der Waals surface area contributed by atoms with Crippen molar-refractivity contribution in [3.8, 4) is 0 Å². The van der Waals surface area contributed by atoms with Gasteiger partial charge in [-0.25, -0.2) is 0 Å². The number of hydrogen-bond donors (Lipinski definition) is 1. The second kappa shape index (κ2) is 3.49. The Kier molecular flexibility index (Phi) is 2.50. The van der Waals surface area contributed by atoms with Gasteiger partial charge in [0.05, 0.1) is 11.6 Å². The van der Waals surface area contributed by atoms with Crippen molar-refractivity contribution < 1.29 is 5.11 Å². The minimum Gasteiger partial charge on any atom is -0.390 e. The molecule has 1 heterocycles. The number of fused-ring (bicyclic) bond motifs is 1. The van der Waals surface area contributed by atoms with Gasteiger partial charge in [0.15, 0.2) is 0 Å². The largest absolute Gasteiger partial charge is 0.390 e. The Balaban J connectivity index is 2.60. The smallest absolute Gasteiger partial charge is 0.0832 e. The molecule has 0 spiro atoms. The van der Waals surface area contributed by atoms with Crippen molar-refractivity contribution in [1.29, 1.82) is 0 Å². The molecular formula is C14H21NO. The van der Waals surface area contributed by atoms with Gasteiger partial charge in [-0.3, -0.25) is 0 Å². The average Bonchev–Trinajstić information content (AvgIpc) is 2.24. The molecule has 0 saturated carbocycles. The first-order valence-electron chi connectivity index (χ1n) is 5.88. The zero-order chi connectivity index (χ0) is 12.1. The molecule has 1 aromatic rings. The zero-order valence-electron chi connectivity index (χ0n) is 10.8. The maximum Gasteiger partial charge on any atom is 0.0832 e. The third kappa shape index (κ3) is 1.44. The van der Waals surface area contributed by atoms with Crippen molar-refractivity contribution in [3.05, 3.63) is 29.3 Å². The fraction of sp³-hybridized carbons (Fsp3) is 0.571. The van der Waals surface area contributed by atoms with Gasteiger partial charge >= 0.3 is 0 Å². The van der Waals surface area contributed by atoms with E-state index in [2.05, 4.69) is 57.8 Å². The summed E-state index contributed by atoms with van der Waals surface area (Å²) in [6.07, 6.45) is -0.326. The van der Waals surface area contributed by atoms with Crippen molar-refractivity contribution in [1.82, 2.24) is 0 Å². The number of aliphatic hydroxyl groups excluding tert-OH is 1. The molecule has 1 aliphatic heterocycles. The Morgan fingerprint density at radius 2 is 1.94 bits per heavy atom. The fourth-order valence-electron chi connectivity index (χ4n) is 2.62. The monoisotopic (exact) mass is 219 g/mol. The number of likely N-dealkylation sites (N-methyl/N-ethyl adjacent to an activating group) is 1. The van der Waals surface area contributed by atoms with E-state index in [1.165, 1.54) is 16.8 Å². The molecular weight excluding hydrogens is 198 g/mol. The van der Waals surface area contributed by atoms with Crippen LogP contribution in [-0.2, 0) is 0 Å². The van der Waals surface area contributed by atoms with Gasteiger partial charge in [0, 0.05) is 18.7 Å². The van der Waals surface area contributed by atoms with Crippen molar-refractivity contribution in [2.45, 2.75) is 45.3 Å². The average molecular weight is 219 g/mol. The molecule has 2 nitrogen and oxygen atoms in total. The van der Waals surface area contributed by atoms with Crippen LogP contribution in [0.2, 0.25) is 0 Å². The molecule has 0 aromatic heterocycles. The second-order valence-corrected chi connectivity index (χ2v) is 5.51. The first-order valence-corrected chi connectivity index (χ1v) is 5.88. The lowest BCUT2D eigenvalue weighted by molar-refractivity contribution is 0.0724. The summed E-state index contributed by atoms with van der Waals surface area (Å²) in [7, 11) is 2.06. The molecule has 0 saturated heterocycles. The van der Waals surface area contributed by atoms with E-state index in [-0.39, 0.29) is 17.6 Å². The highest BCUT2D eigenvalue weighted by molar-refractivity contribution is 5.61. The molecule has 0 fully saturated rings. The van der Waals surface area contributed by atoms with Gasteiger partial charge in [-0.1, -0.05) is 19.1 Å². The lowest BCUT2D eigenvalue weighted by atomic mass is 9.77. The molecule has 88 valence electrons. The highest BCUT2D eigenvalue weighted by atomic mass is 16.3. The Hall–Kier alpha value is -1.02. The standard InChI is InChI=1S/C14H21NO/c1-9-6-7-11-10(2)13(16)14(3,4)15(5)12(11)8-9/h6-8,10,13,16H,1-5H3. The van der Waals surface area contributed by atoms with Crippen molar-refractivity contribution in [2.24, 2.45) is 0 Å². The molecule has 1 N–H and O–H groups in total. The van der Waals surface area contributed by atoms with Crippen LogP contribution in [0.15, 0.2) is 18.2 Å². The lowest BCUT2D eigenvalue weighted by Crippen LogP contribution is -2.56. The molecule has 0 aliphatic carbocycles. The van der Waals surface area contributed by atoms with E-state index >= 15 is 0 Å². The van der Waals surface area contributed by atoms with Crippen LogP contribution in [0.4, 0.5) is 5.69 Å². The van der Waals surface area contributed by atoms with Gasteiger partial charge in [0.1, 0.15) is 0 Å². The molecule has 2 atom stereocenters. The third-order valence-electron chi connectivity index (χ3n) is 4.10. The first kappa shape index (κ1) is 11.5. The van der Waals surface area contributed by atoms with Gasteiger partial charge in [-0.15, -0.1) is 0 Å². The molecule has 16 heavy (non-hydrogen) atoms. The summed E-state index contributed by atoms with van der Waals surface area (Å²) in [5.74, 6) is 0.196. The van der Waals surface area contributed by atoms with Crippen molar-refractivity contribution in [2.75, 3.05) is 11.9 Å². The summed E-state index contributed by atoms with van der Waals surface area (Å²) in [5, 5.41) is 10.4. The Morgan fingerprint density at radius 3 is 2.56 bits per heavy atom. The van der Waals surface area contributed by atoms with Gasteiger partial charge < -0.3 is 10.0 Å². The summed E-state index contributed by atoms with van der Waals surface area (Å²) >= 11 is 0. The highest BCUT2D eigenvalue weighted by Gasteiger charge is 2.42. The number of nitrogens with zero attached hydrogens (tertiary/aromatic N) is 1. The van der Waals surface area contributed by atoms with Gasteiger partial charge in [0.25, 0.3) is 0 Å². The Bertz CT molecular complexity index is 411. The van der Waals surface area contributed by atoms with Crippen LogP contribution in [0.1, 0.15) is 37.8 Å². The number of anilines is 1. The quantitative estimate of drug-likeness (QED) is 0.725. The maximum atomic E-state index is 10.4. The van der Waals surface area contributed by atoms with Crippen LogP contribution < -0.4 is 4.90 Å². The van der Waals surface area contributed by atoms with Crippen molar-refractivity contribution in [3.63, 3.8) is 0 Å². The summed E-state index contributed by atoms with van der Waals surface area (Å²) in [6, 6.07) is 6.47. The molecule has 2 rings (SSSR count). The summed E-state index contributed by atoms with van der Waals surface area (Å²) in [6.45, 7) is 8.41. The summed E-state index contributed by atoms with van der Waals surface area (Å²) < 4.78 is 0. The van der Waals surface area contributed by atoms with Crippen LogP contribution in [-0.4, -0.2) is 23.8 Å². The first-order chi connectivity index (χ1) is 7.35. The normalized spacial score (nSPS) is 27.8. The number of hydrogen-bond acceptors (Lipinski definition) is 2. The van der Waals surface area contributed by atoms with Crippen LogP contribution in [0.5, 0.6) is 0 Å². The van der Waals surface area contributed by atoms with E-state index in [1.54, 1.807) is 0 Å². The molecule has 1 aliphatic rings. The molecule has 0 radical (unpaired) electrons. The number of aryl methyl sites for hydroxylation is 1. The number of benzene rings is 1. The van der Waals surface area contributed by atoms with E-state index in [0.29, 0.717) is 0 Å². The molecule has 2 unspecified atom stereocenters. The van der Waals surface area contributed by atoms with Crippen LogP contribution in [0, 0.1) is 6.92 Å². The molecule has 2 heteroatoms. The Labute approximate surface area is 97.9 Å². The third-order valence-corrected chi connectivity index (χ3v) is 4.10. The minimum atomic E-state index is -0.326. The Morgan fingerprint density at radius 1 is 1.31 bits per heavy atom. The zero-order valence-corrected chi connectivity index (χ0v) is 10.8. The van der Waals surface area contributed by atoms with Crippen molar-refractivity contribution >= 4 is 5.69 Å². The van der Waals surface area contributed by atoms with E-state index < -0.39 is 0 Å². The van der Waals surface area contributed by atoms with Gasteiger partial charge in [-0.2, -0.15) is 0 Å². The van der Waals surface area contributed by atoms with E-state index in [0.717, 1.165) is 0 Å². The van der Waals surface area contributed by atoms with Gasteiger partial charge in [-0.05, 0) is 38.0 Å². The molecule has 0 bridgehead atoms. The van der Waals surface area contributed by atoms with Crippen LogP contribution in [0.25, 0.3) is 0 Å². The van der Waals surface area contributed by atoms with Gasteiger partial charge in [0.2, 0.25) is 0 Å². The number of rotatable bonds is 0. The molecule has 0 amide bonds.